The van der Waals surface area contributed by atoms with Gasteiger partial charge < -0.3 is 9.07 Å². The molecule has 2 heterocycles. The van der Waals surface area contributed by atoms with Gasteiger partial charge in [0.2, 0.25) is 5.89 Å². The molecule has 0 saturated heterocycles. The maximum atomic E-state index is 6.92. The Morgan fingerprint density at radius 1 is 1.78 bits per heavy atom. The second-order valence-electron chi connectivity index (χ2n) is 3.96. The maximum Gasteiger partial charge on any atom is 0.481 e. The van der Waals surface area contributed by atoms with E-state index in [0.29, 0.717) is 5.89 Å². The van der Waals surface area contributed by atoms with Gasteiger partial charge in [-0.15, -0.1) is 0 Å². The number of nitrogens with one attached hydrogen (secondary N) is 1. The molecule has 1 aromatic heterocycles. The van der Waals surface area contributed by atoms with Crippen LogP contribution in [0.1, 0.15) is 19.2 Å². The minimum absolute atomic E-state index is 0.150. The summed E-state index contributed by atoms with van der Waals surface area (Å²) in [6.45, 7) is 2.89. The lowest BCUT2D eigenvalue weighted by Crippen LogP contribution is -2.45. The molecule has 18 heavy (non-hydrogen) atoms. The van der Waals surface area contributed by atoms with Crippen LogP contribution in [-0.2, 0) is 4.65 Å². The van der Waals surface area contributed by atoms with Gasteiger partial charge in [-0.3, -0.25) is 10.2 Å². The molecular weight excluding hydrogens is 297 g/mol. The van der Waals surface area contributed by atoms with Gasteiger partial charge in [0, 0.05) is 23.0 Å². The highest BCUT2D eigenvalue weighted by Crippen LogP contribution is 2.30. The molecule has 0 fully saturated rings. The zero-order valence-electron chi connectivity index (χ0n) is 10.0. The number of oxazole rings is 1. The number of rotatable bonds is 5. The normalized spacial score (nSPS) is 24.4. The third-order valence-corrected chi connectivity index (χ3v) is 3.39. The fourth-order valence-electron chi connectivity index (χ4n) is 2.13. The van der Waals surface area contributed by atoms with E-state index in [1.54, 1.807) is 20.1 Å². The topological polar surface area (TPSA) is 62.4 Å². The van der Waals surface area contributed by atoms with Crippen molar-refractivity contribution in [3.8, 4) is 0 Å². The maximum absolute atomic E-state index is 6.92. The minimum atomic E-state index is 0.150. The molecule has 1 N–H and O–H groups in total. The van der Waals surface area contributed by atoms with Crippen LogP contribution in [0.3, 0.4) is 0 Å². The van der Waals surface area contributed by atoms with E-state index in [4.69, 9.17) is 14.5 Å². The summed E-state index contributed by atoms with van der Waals surface area (Å²) in [7, 11) is 1.57. The molecule has 0 aliphatic carbocycles. The number of hydrogen-bond donors (Lipinski definition) is 1. The summed E-state index contributed by atoms with van der Waals surface area (Å²) in [5.41, 5.74) is 1.04. The molecule has 1 unspecified atom stereocenters. The Hall–Kier alpha value is -1.08. The average molecular weight is 311 g/mol. The van der Waals surface area contributed by atoms with Crippen molar-refractivity contribution in [3.63, 3.8) is 0 Å². The van der Waals surface area contributed by atoms with E-state index in [-0.39, 0.29) is 10.9 Å². The third-order valence-electron chi connectivity index (χ3n) is 2.84. The minimum Gasteiger partial charge on any atom is -0.540 e. The highest BCUT2D eigenvalue weighted by molar-refractivity contribution is 9.09. The zero-order chi connectivity index (χ0) is 13.0. The van der Waals surface area contributed by atoms with Crippen molar-refractivity contribution in [1.29, 1.82) is 5.41 Å². The fraction of sp³-hybridized carbons (Fsp3) is 0.455. The molecule has 2 atom stereocenters. The van der Waals surface area contributed by atoms with Gasteiger partial charge >= 0.3 is 7.62 Å². The van der Waals surface area contributed by atoms with E-state index in [0.717, 1.165) is 24.9 Å². The van der Waals surface area contributed by atoms with Crippen molar-refractivity contribution in [2.24, 2.45) is 0 Å². The van der Waals surface area contributed by atoms with Crippen molar-refractivity contribution in [1.82, 2.24) is 9.79 Å². The molecule has 5 nitrogen and oxygen atoms in total. The summed E-state index contributed by atoms with van der Waals surface area (Å²) in [5, 5.41) is 6.92. The number of hydrogen-bond acceptors (Lipinski definition) is 5. The summed E-state index contributed by atoms with van der Waals surface area (Å²) < 4.78 is 10.3. The molecule has 1 aliphatic heterocycles. The van der Waals surface area contributed by atoms with Crippen LogP contribution in [0, 0.1) is 5.41 Å². The fourth-order valence-corrected chi connectivity index (χ4v) is 2.74. The van der Waals surface area contributed by atoms with Crippen LogP contribution in [0.25, 0.3) is 5.57 Å². The highest BCUT2D eigenvalue weighted by Gasteiger charge is 2.31. The van der Waals surface area contributed by atoms with Gasteiger partial charge in [0.25, 0.3) is 0 Å². The first-order chi connectivity index (χ1) is 8.76. The molecule has 0 bridgehead atoms. The Morgan fingerprint density at radius 3 is 3.22 bits per heavy atom. The van der Waals surface area contributed by atoms with Crippen molar-refractivity contribution in [2.45, 2.75) is 24.2 Å². The van der Waals surface area contributed by atoms with Gasteiger partial charge in [-0.1, -0.05) is 28.9 Å². The van der Waals surface area contributed by atoms with Crippen LogP contribution in [0.5, 0.6) is 0 Å². The van der Waals surface area contributed by atoms with Crippen molar-refractivity contribution in [2.75, 3.05) is 6.54 Å². The van der Waals surface area contributed by atoms with Crippen molar-refractivity contribution >= 4 is 35.5 Å². The molecule has 0 amide bonds. The summed E-state index contributed by atoms with van der Waals surface area (Å²) >= 11 is 3.58. The quantitative estimate of drug-likeness (QED) is 0.391. The SMILES string of the molecule is CC[C@@H]1C(c2ncco2)=CC(Br)CN1[B]OC=N. The lowest BCUT2D eigenvalue weighted by atomic mass is 9.92. The van der Waals surface area contributed by atoms with Gasteiger partial charge in [-0.25, -0.2) is 4.98 Å². The van der Waals surface area contributed by atoms with Crippen LogP contribution in [0.15, 0.2) is 23.0 Å². The molecule has 0 spiro atoms. The van der Waals surface area contributed by atoms with Crippen molar-refractivity contribution < 1.29 is 9.07 Å². The molecule has 1 radical (unpaired) electrons. The van der Waals surface area contributed by atoms with E-state index in [2.05, 4.69) is 33.9 Å². The van der Waals surface area contributed by atoms with Gasteiger partial charge in [-0.2, -0.15) is 0 Å². The summed E-state index contributed by atoms with van der Waals surface area (Å²) in [5.74, 6) is 0.638. The second-order valence-corrected chi connectivity index (χ2v) is 5.13. The van der Waals surface area contributed by atoms with E-state index in [1.807, 2.05) is 4.81 Å². The molecule has 0 saturated carbocycles. The van der Waals surface area contributed by atoms with Crippen LogP contribution >= 0.6 is 15.9 Å². The first-order valence-electron chi connectivity index (χ1n) is 5.75. The largest absolute Gasteiger partial charge is 0.540 e. The lowest BCUT2D eigenvalue weighted by molar-refractivity contribution is 0.335. The van der Waals surface area contributed by atoms with Crippen LogP contribution in [0.4, 0.5) is 0 Å². The summed E-state index contributed by atoms with van der Waals surface area (Å²) in [4.78, 5) is 6.45. The van der Waals surface area contributed by atoms with Gasteiger partial charge in [-0.05, 0) is 6.42 Å². The Kier molecular flexibility index (Phi) is 4.60. The number of alkyl halides is 1. The van der Waals surface area contributed by atoms with Gasteiger partial charge in [0.1, 0.15) is 12.7 Å². The summed E-state index contributed by atoms with van der Waals surface area (Å²) in [6.07, 6.45) is 7.16. The van der Waals surface area contributed by atoms with Gasteiger partial charge in [0.15, 0.2) is 0 Å². The predicted molar refractivity (Wildman–Crippen MR) is 73.6 cm³/mol. The number of halogens is 1. The van der Waals surface area contributed by atoms with Crippen LogP contribution < -0.4 is 0 Å². The Balaban J connectivity index is 2.23. The first-order valence-corrected chi connectivity index (χ1v) is 6.67. The van der Waals surface area contributed by atoms with E-state index in [1.165, 1.54) is 0 Å². The zero-order valence-corrected chi connectivity index (χ0v) is 11.6. The Labute approximate surface area is 115 Å². The van der Waals surface area contributed by atoms with Crippen LogP contribution in [0.2, 0.25) is 0 Å². The van der Waals surface area contributed by atoms with Crippen LogP contribution in [-0.4, -0.2) is 41.2 Å². The molecular formula is C11H14BBrN3O2. The molecule has 0 aromatic carbocycles. The van der Waals surface area contributed by atoms with Gasteiger partial charge in [0.05, 0.1) is 6.20 Å². The first kappa shape index (κ1) is 13.4. The smallest absolute Gasteiger partial charge is 0.481 e. The molecule has 1 aliphatic rings. The number of aromatic nitrogens is 1. The molecule has 1 aromatic rings. The van der Waals surface area contributed by atoms with E-state index in [9.17, 15) is 0 Å². The standard InChI is InChI=1S/C11H14BBrN3O2/c1-2-10-9(11-15-3-4-17-11)5-8(13)6-16(10)12-18-7-14/h3-5,7-8,10,14H,2,6H2,1H3/t8?,10-/m1/s1. The third kappa shape index (κ3) is 2.84. The highest BCUT2D eigenvalue weighted by atomic mass is 79.9. The predicted octanol–water partition coefficient (Wildman–Crippen LogP) is 2.07. The second kappa shape index (κ2) is 6.20. The van der Waals surface area contributed by atoms with E-state index >= 15 is 0 Å². The molecule has 95 valence electrons. The molecule has 2 rings (SSSR count). The summed E-state index contributed by atoms with van der Waals surface area (Å²) in [6, 6.07) is 0.150. The monoisotopic (exact) mass is 310 g/mol. The number of nitrogens with zero attached hydrogens (tertiary/aromatic N) is 2. The Bertz CT molecular complexity index is 424. The molecule has 7 heteroatoms. The van der Waals surface area contributed by atoms with Crippen molar-refractivity contribution in [3.05, 3.63) is 24.4 Å². The Morgan fingerprint density at radius 2 is 2.61 bits per heavy atom. The van der Waals surface area contributed by atoms with E-state index < -0.39 is 0 Å². The lowest BCUT2D eigenvalue weighted by Gasteiger charge is -2.35. The average Bonchev–Trinajstić information content (AvgIpc) is 2.89.